The van der Waals surface area contributed by atoms with Gasteiger partial charge in [0.2, 0.25) is 0 Å². The van der Waals surface area contributed by atoms with Crippen LogP contribution in [0.25, 0.3) is 0 Å². The summed E-state index contributed by atoms with van der Waals surface area (Å²) in [5.74, 6) is 0. The zero-order valence-electron chi connectivity index (χ0n) is 28.4. The Bertz CT molecular complexity index is 445. The van der Waals surface area contributed by atoms with Crippen LogP contribution < -0.4 is 0 Å². The van der Waals surface area contributed by atoms with E-state index in [-0.39, 0.29) is 0 Å². The lowest BCUT2D eigenvalue weighted by Crippen LogP contribution is -2.34. The molecule has 0 saturated heterocycles. The summed E-state index contributed by atoms with van der Waals surface area (Å²) in [6.07, 6.45) is 28.5. The van der Waals surface area contributed by atoms with Crippen molar-refractivity contribution in [3.63, 3.8) is 0 Å². The van der Waals surface area contributed by atoms with Crippen LogP contribution in [0.15, 0.2) is 0 Å². The third-order valence-corrected chi connectivity index (χ3v) is 12.3. The second-order valence-electron chi connectivity index (χ2n) is 16.8. The van der Waals surface area contributed by atoms with E-state index in [1.807, 2.05) is 0 Å². The molecule has 0 aromatic heterocycles. The Morgan fingerprint density at radius 3 is 0.711 bits per heavy atom. The second-order valence-corrected chi connectivity index (χ2v) is 20.7. The lowest BCUT2D eigenvalue weighted by atomic mass is 9.89. The van der Waals surface area contributed by atoms with Crippen LogP contribution in [0.3, 0.4) is 0 Å². The maximum absolute atomic E-state index is 11.7. The lowest BCUT2D eigenvalue weighted by Gasteiger charge is -2.26. The van der Waals surface area contributed by atoms with Crippen molar-refractivity contribution in [1.29, 1.82) is 0 Å². The van der Waals surface area contributed by atoms with E-state index in [0.717, 1.165) is 0 Å². The standard InChI is InChI=1S/C36H76OSi/c1-34(2,3)28-22-16-10-13-19-25-31-38(37,32-26-20-14-11-17-23-29-35(4,5)6)33-27-21-15-12-18-24-30-36(7,8)9/h37H,10-33H2,1-9H3. The normalized spacial score (nSPS) is 13.4. The SMILES string of the molecule is CC(C)(C)CCCCCCCC[Si](O)(CCCCCCCCC(C)(C)C)CCCCCCCCC(C)(C)C. The molecule has 0 atom stereocenters. The topological polar surface area (TPSA) is 20.2 Å². The summed E-state index contributed by atoms with van der Waals surface area (Å²) >= 11 is 0. The third kappa shape index (κ3) is 29.2. The van der Waals surface area contributed by atoms with Crippen molar-refractivity contribution < 1.29 is 4.80 Å². The molecule has 0 radical (unpaired) electrons. The fourth-order valence-electron chi connectivity index (χ4n) is 5.82. The zero-order valence-corrected chi connectivity index (χ0v) is 29.4. The fourth-order valence-corrected chi connectivity index (χ4v) is 9.30. The van der Waals surface area contributed by atoms with E-state index in [1.165, 1.54) is 153 Å². The Hall–Kier alpha value is 0.177. The highest BCUT2D eigenvalue weighted by Crippen LogP contribution is 2.29. The van der Waals surface area contributed by atoms with E-state index in [1.54, 1.807) is 0 Å². The second kappa shape index (κ2) is 21.0. The van der Waals surface area contributed by atoms with E-state index in [2.05, 4.69) is 62.3 Å². The average Bonchev–Trinajstić information content (AvgIpc) is 2.77. The first-order chi connectivity index (χ1) is 17.6. The van der Waals surface area contributed by atoms with Crippen LogP contribution in [0.4, 0.5) is 0 Å². The van der Waals surface area contributed by atoms with Crippen LogP contribution in [0.2, 0.25) is 18.1 Å². The van der Waals surface area contributed by atoms with Gasteiger partial charge in [0.05, 0.1) is 0 Å². The summed E-state index contributed by atoms with van der Waals surface area (Å²) in [7, 11) is -2.05. The quantitative estimate of drug-likeness (QED) is 0.0932. The Balaban J connectivity index is 4.22. The first kappa shape index (κ1) is 38.2. The molecule has 38 heavy (non-hydrogen) atoms. The van der Waals surface area contributed by atoms with Crippen LogP contribution in [-0.2, 0) is 0 Å². The third-order valence-electron chi connectivity index (χ3n) is 8.46. The molecule has 0 aliphatic carbocycles. The number of hydrogen-bond acceptors (Lipinski definition) is 1. The van der Waals surface area contributed by atoms with E-state index in [4.69, 9.17) is 0 Å². The molecular formula is C36H76OSi. The van der Waals surface area contributed by atoms with Crippen LogP contribution in [0.5, 0.6) is 0 Å². The minimum atomic E-state index is -2.05. The van der Waals surface area contributed by atoms with Crippen molar-refractivity contribution in [3.05, 3.63) is 0 Å². The average molecular weight is 553 g/mol. The molecule has 0 aromatic carbocycles. The summed E-state index contributed by atoms with van der Waals surface area (Å²) in [4.78, 5) is 11.7. The highest BCUT2D eigenvalue weighted by molar-refractivity contribution is 6.72. The maximum Gasteiger partial charge on any atom is 0.188 e. The number of hydrogen-bond donors (Lipinski definition) is 1. The summed E-state index contributed by atoms with van der Waals surface area (Å²) in [6, 6.07) is 3.52. The molecule has 0 bridgehead atoms. The molecule has 0 rings (SSSR count). The van der Waals surface area contributed by atoms with Gasteiger partial charge >= 0.3 is 0 Å². The highest BCUT2D eigenvalue weighted by atomic mass is 28.4. The van der Waals surface area contributed by atoms with Crippen molar-refractivity contribution in [2.45, 2.75) is 215 Å². The van der Waals surface area contributed by atoms with Crippen LogP contribution in [0.1, 0.15) is 197 Å². The summed E-state index contributed by atoms with van der Waals surface area (Å²) in [5, 5.41) is 0. The predicted octanol–water partition coefficient (Wildman–Crippen LogP) is 13.3. The number of rotatable bonds is 24. The molecule has 2 heteroatoms. The maximum atomic E-state index is 11.7. The van der Waals surface area contributed by atoms with Crippen LogP contribution in [0, 0.1) is 16.2 Å². The minimum Gasteiger partial charge on any atom is -0.432 e. The lowest BCUT2D eigenvalue weighted by molar-refractivity contribution is 0.356. The van der Waals surface area contributed by atoms with Crippen molar-refractivity contribution in [2.24, 2.45) is 16.2 Å². The molecule has 1 nitrogen and oxygen atoms in total. The minimum absolute atomic E-state index is 0.487. The molecule has 0 fully saturated rings. The van der Waals surface area contributed by atoms with Gasteiger partial charge in [0.25, 0.3) is 0 Å². The Labute approximate surface area is 244 Å². The summed E-state index contributed by atoms with van der Waals surface area (Å²) < 4.78 is 0. The fraction of sp³-hybridized carbons (Fsp3) is 1.00. The van der Waals surface area contributed by atoms with Gasteiger partial charge in [-0.15, -0.1) is 0 Å². The molecule has 1 N–H and O–H groups in total. The van der Waals surface area contributed by atoms with Gasteiger partial charge in [-0.3, -0.25) is 0 Å². The molecule has 0 aromatic rings. The van der Waals surface area contributed by atoms with Gasteiger partial charge in [0, 0.05) is 0 Å². The Kier molecular flexibility index (Phi) is 21.1. The molecule has 0 saturated carbocycles. The molecular weight excluding hydrogens is 476 g/mol. The molecule has 230 valence electrons. The van der Waals surface area contributed by atoms with Gasteiger partial charge in [-0.25, -0.2) is 0 Å². The molecule has 0 spiro atoms. The van der Waals surface area contributed by atoms with Gasteiger partial charge < -0.3 is 4.80 Å². The summed E-state index contributed by atoms with van der Waals surface area (Å²) in [5.41, 5.74) is 1.46. The first-order valence-corrected chi connectivity index (χ1v) is 19.9. The molecule has 0 amide bonds. The van der Waals surface area contributed by atoms with E-state index >= 15 is 0 Å². The van der Waals surface area contributed by atoms with Crippen molar-refractivity contribution >= 4 is 8.32 Å². The Morgan fingerprint density at radius 1 is 0.316 bits per heavy atom. The van der Waals surface area contributed by atoms with Gasteiger partial charge in [0.1, 0.15) is 0 Å². The predicted molar refractivity (Wildman–Crippen MR) is 178 cm³/mol. The van der Waals surface area contributed by atoms with E-state index < -0.39 is 8.32 Å². The van der Waals surface area contributed by atoms with Crippen LogP contribution in [-0.4, -0.2) is 13.1 Å². The van der Waals surface area contributed by atoms with Gasteiger partial charge in [0.15, 0.2) is 8.32 Å². The Morgan fingerprint density at radius 2 is 0.500 bits per heavy atom. The smallest absolute Gasteiger partial charge is 0.188 e. The van der Waals surface area contributed by atoms with Crippen molar-refractivity contribution in [3.8, 4) is 0 Å². The highest BCUT2D eigenvalue weighted by Gasteiger charge is 2.29. The summed E-state index contributed by atoms with van der Waals surface area (Å²) in [6.45, 7) is 21.2. The molecule has 0 aliphatic heterocycles. The van der Waals surface area contributed by atoms with Gasteiger partial charge in [-0.1, -0.05) is 178 Å². The molecule has 0 heterocycles. The first-order valence-electron chi connectivity index (χ1n) is 17.3. The number of unbranched alkanes of at least 4 members (excludes halogenated alkanes) is 15. The van der Waals surface area contributed by atoms with Crippen molar-refractivity contribution in [1.82, 2.24) is 0 Å². The monoisotopic (exact) mass is 553 g/mol. The van der Waals surface area contributed by atoms with Gasteiger partial charge in [-0.05, 0) is 53.6 Å². The van der Waals surface area contributed by atoms with Crippen LogP contribution >= 0.6 is 0 Å². The van der Waals surface area contributed by atoms with Gasteiger partial charge in [-0.2, -0.15) is 0 Å². The van der Waals surface area contributed by atoms with E-state index in [9.17, 15) is 4.80 Å². The molecule has 0 unspecified atom stereocenters. The zero-order chi connectivity index (χ0) is 29.0. The largest absolute Gasteiger partial charge is 0.432 e. The molecule has 0 aliphatic rings. The van der Waals surface area contributed by atoms with E-state index in [0.29, 0.717) is 16.2 Å². The van der Waals surface area contributed by atoms with Crippen molar-refractivity contribution in [2.75, 3.05) is 0 Å².